The fraction of sp³-hybridized carbons (Fsp3) is 0.381. The summed E-state index contributed by atoms with van der Waals surface area (Å²) in [6.07, 6.45) is 0.995. The minimum atomic E-state index is -0.462. The first-order valence-corrected chi connectivity index (χ1v) is 9.02. The first-order valence-electron chi connectivity index (χ1n) is 9.02. The number of aryl methyl sites for hydroxylation is 1. The van der Waals surface area contributed by atoms with E-state index in [2.05, 4.69) is 42.2 Å². The minimum Gasteiger partial charge on any atom is -0.410 e. The molecule has 0 spiro atoms. The normalized spacial score (nSPS) is 24.3. The number of nitrogens with one attached hydrogen (secondary N) is 1. The maximum absolute atomic E-state index is 12.3. The summed E-state index contributed by atoms with van der Waals surface area (Å²) in [6, 6.07) is 13.6. The van der Waals surface area contributed by atoms with E-state index < -0.39 is 6.09 Å². The van der Waals surface area contributed by atoms with Gasteiger partial charge in [-0.05, 0) is 55.8 Å². The number of carbonyl (C=O) groups excluding carboxylic acids is 1. The number of anilines is 2. The van der Waals surface area contributed by atoms with E-state index in [1.165, 1.54) is 11.3 Å². The second-order valence-electron chi connectivity index (χ2n) is 7.64. The zero-order chi connectivity index (χ0) is 18.5. The molecule has 0 aliphatic carbocycles. The number of hydrogen-bond acceptors (Lipinski definition) is 4. The zero-order valence-electron chi connectivity index (χ0n) is 15.7. The summed E-state index contributed by atoms with van der Waals surface area (Å²) in [6.45, 7) is 5.34. The maximum Gasteiger partial charge on any atom is 0.417 e. The number of amides is 1. The Kier molecular flexibility index (Phi) is 3.92. The molecule has 1 saturated heterocycles. The van der Waals surface area contributed by atoms with Crippen LogP contribution in [0, 0.1) is 6.92 Å². The number of likely N-dealkylation sites (tertiary alicyclic amines) is 1. The van der Waals surface area contributed by atoms with Gasteiger partial charge in [-0.2, -0.15) is 0 Å². The lowest BCUT2D eigenvalue weighted by atomic mass is 9.81. The lowest BCUT2D eigenvalue weighted by Crippen LogP contribution is -2.45. The van der Waals surface area contributed by atoms with Gasteiger partial charge in [0.05, 0.1) is 6.17 Å². The zero-order valence-corrected chi connectivity index (χ0v) is 15.7. The van der Waals surface area contributed by atoms with E-state index in [0.717, 1.165) is 24.2 Å². The predicted molar refractivity (Wildman–Crippen MR) is 104 cm³/mol. The highest BCUT2D eigenvalue weighted by Crippen LogP contribution is 2.51. The molecule has 0 bridgehead atoms. The molecule has 5 heteroatoms. The van der Waals surface area contributed by atoms with Gasteiger partial charge in [-0.3, -0.25) is 10.2 Å². The summed E-state index contributed by atoms with van der Waals surface area (Å²) in [5.41, 5.74) is 4.31. The Labute approximate surface area is 154 Å². The Morgan fingerprint density at radius 1 is 1.23 bits per heavy atom. The van der Waals surface area contributed by atoms with E-state index in [1.54, 1.807) is 0 Å². The van der Waals surface area contributed by atoms with Gasteiger partial charge in [-0.15, -0.1) is 0 Å². The fourth-order valence-electron chi connectivity index (χ4n) is 4.57. The molecule has 0 aromatic heterocycles. The van der Waals surface area contributed by atoms with Crippen LogP contribution in [0.5, 0.6) is 5.75 Å². The van der Waals surface area contributed by atoms with Crippen molar-refractivity contribution in [3.8, 4) is 5.75 Å². The van der Waals surface area contributed by atoms with Crippen LogP contribution in [-0.2, 0) is 5.41 Å². The van der Waals surface area contributed by atoms with E-state index >= 15 is 0 Å². The number of rotatable bonds is 2. The summed E-state index contributed by atoms with van der Waals surface area (Å²) in [4.78, 5) is 17.0. The molecule has 2 aliphatic rings. The van der Waals surface area contributed by atoms with Crippen LogP contribution in [0.4, 0.5) is 16.2 Å². The Bertz CT molecular complexity index is 866. The molecule has 1 unspecified atom stereocenters. The quantitative estimate of drug-likeness (QED) is 0.889. The van der Waals surface area contributed by atoms with Crippen LogP contribution < -0.4 is 15.0 Å². The van der Waals surface area contributed by atoms with Crippen LogP contribution in [0.2, 0.25) is 0 Å². The van der Waals surface area contributed by atoms with Crippen LogP contribution in [0.15, 0.2) is 42.5 Å². The van der Waals surface area contributed by atoms with Crippen molar-refractivity contribution in [2.75, 3.05) is 30.9 Å². The SMILES string of the molecule is Cc1ccccc1NC(=O)Oc1ccc2c(c1)[C@@]1(C)CCN(C)C1N2C. The Hall–Kier alpha value is -2.53. The predicted octanol–water partition coefficient (Wildman–Crippen LogP) is 3.98. The van der Waals surface area contributed by atoms with Crippen LogP contribution in [-0.4, -0.2) is 37.8 Å². The van der Waals surface area contributed by atoms with Gasteiger partial charge in [0.25, 0.3) is 0 Å². The highest BCUT2D eigenvalue weighted by Gasteiger charge is 2.52. The topological polar surface area (TPSA) is 44.8 Å². The third kappa shape index (κ3) is 2.54. The summed E-state index contributed by atoms with van der Waals surface area (Å²) in [5, 5.41) is 2.82. The second kappa shape index (κ2) is 6.02. The average molecular weight is 351 g/mol. The molecule has 1 amide bonds. The van der Waals surface area contributed by atoms with E-state index in [4.69, 9.17) is 4.74 Å². The summed E-state index contributed by atoms with van der Waals surface area (Å²) < 4.78 is 5.57. The fourth-order valence-corrected chi connectivity index (χ4v) is 4.57. The van der Waals surface area contributed by atoms with Crippen molar-refractivity contribution in [1.82, 2.24) is 4.90 Å². The standard InChI is InChI=1S/C21H25N3O2/c1-14-7-5-6-8-17(14)22-20(25)26-15-9-10-18-16(13-15)21(2)11-12-23(3)19(21)24(18)4/h5-10,13,19H,11-12H2,1-4H3,(H,22,25)/t19?,21-/m1/s1. The number of carbonyl (C=O) groups is 1. The van der Waals surface area contributed by atoms with Crippen LogP contribution in [0.3, 0.4) is 0 Å². The van der Waals surface area contributed by atoms with Gasteiger partial charge >= 0.3 is 6.09 Å². The molecule has 1 fully saturated rings. The molecule has 4 rings (SSSR count). The molecule has 1 N–H and O–H groups in total. The molecule has 0 radical (unpaired) electrons. The minimum absolute atomic E-state index is 0.0602. The van der Waals surface area contributed by atoms with E-state index in [9.17, 15) is 4.79 Å². The molecule has 2 atom stereocenters. The Morgan fingerprint density at radius 2 is 2.00 bits per heavy atom. The third-order valence-corrected chi connectivity index (χ3v) is 5.89. The van der Waals surface area contributed by atoms with Crippen molar-refractivity contribution >= 4 is 17.5 Å². The number of para-hydroxylation sites is 1. The molecule has 2 heterocycles. The molecule has 5 nitrogen and oxygen atoms in total. The van der Waals surface area contributed by atoms with Crippen molar-refractivity contribution < 1.29 is 9.53 Å². The van der Waals surface area contributed by atoms with E-state index in [1.807, 2.05) is 43.3 Å². The highest BCUT2D eigenvalue weighted by molar-refractivity contribution is 5.87. The van der Waals surface area contributed by atoms with Gasteiger partial charge in [-0.1, -0.05) is 25.1 Å². The van der Waals surface area contributed by atoms with Crippen molar-refractivity contribution in [1.29, 1.82) is 0 Å². The molecule has 26 heavy (non-hydrogen) atoms. The van der Waals surface area contributed by atoms with Gasteiger partial charge in [0, 0.05) is 30.4 Å². The number of likely N-dealkylation sites (N-methyl/N-ethyl adjacent to an activating group) is 2. The molecular formula is C21H25N3O2. The Morgan fingerprint density at radius 3 is 2.77 bits per heavy atom. The first-order chi connectivity index (χ1) is 12.4. The number of ether oxygens (including phenoxy) is 1. The van der Waals surface area contributed by atoms with Gasteiger partial charge in [-0.25, -0.2) is 4.79 Å². The Balaban J connectivity index is 1.56. The number of benzene rings is 2. The molecule has 0 saturated carbocycles. The van der Waals surface area contributed by atoms with Crippen molar-refractivity contribution in [2.24, 2.45) is 0 Å². The molecule has 2 aromatic carbocycles. The van der Waals surface area contributed by atoms with E-state index in [-0.39, 0.29) is 5.41 Å². The highest BCUT2D eigenvalue weighted by atomic mass is 16.6. The first kappa shape index (κ1) is 16.9. The summed E-state index contributed by atoms with van der Waals surface area (Å²) >= 11 is 0. The number of hydrogen-bond donors (Lipinski definition) is 1. The van der Waals surface area contributed by atoms with Gasteiger partial charge < -0.3 is 9.64 Å². The van der Waals surface area contributed by atoms with Crippen molar-refractivity contribution in [2.45, 2.75) is 31.8 Å². The second-order valence-corrected chi connectivity index (χ2v) is 7.64. The van der Waals surface area contributed by atoms with Crippen molar-refractivity contribution in [3.05, 3.63) is 53.6 Å². The van der Waals surface area contributed by atoms with Crippen molar-refractivity contribution in [3.63, 3.8) is 0 Å². The van der Waals surface area contributed by atoms with Crippen LogP contribution >= 0.6 is 0 Å². The lowest BCUT2D eigenvalue weighted by molar-refractivity contribution is 0.215. The van der Waals surface area contributed by atoms with Gasteiger partial charge in [0.1, 0.15) is 5.75 Å². The van der Waals surface area contributed by atoms with Gasteiger partial charge in [0.15, 0.2) is 0 Å². The summed E-state index contributed by atoms with van der Waals surface area (Å²) in [5.74, 6) is 0.583. The third-order valence-electron chi connectivity index (χ3n) is 5.89. The molecule has 2 aromatic rings. The maximum atomic E-state index is 12.3. The molecule has 136 valence electrons. The van der Waals surface area contributed by atoms with E-state index in [0.29, 0.717) is 11.9 Å². The lowest BCUT2D eigenvalue weighted by Gasteiger charge is -2.32. The van der Waals surface area contributed by atoms with Crippen LogP contribution in [0.25, 0.3) is 0 Å². The largest absolute Gasteiger partial charge is 0.417 e. The smallest absolute Gasteiger partial charge is 0.410 e. The molecule has 2 aliphatic heterocycles. The monoisotopic (exact) mass is 351 g/mol. The number of fused-ring (bicyclic) bond motifs is 3. The number of nitrogens with zero attached hydrogens (tertiary/aromatic N) is 2. The summed E-state index contributed by atoms with van der Waals surface area (Å²) in [7, 11) is 4.31. The molecular weight excluding hydrogens is 326 g/mol. The van der Waals surface area contributed by atoms with Gasteiger partial charge in [0.2, 0.25) is 0 Å². The average Bonchev–Trinajstić information content (AvgIpc) is 3.03. The van der Waals surface area contributed by atoms with Crippen LogP contribution in [0.1, 0.15) is 24.5 Å².